The molecule has 1 aromatic carbocycles. The molecule has 20 heavy (non-hydrogen) atoms. The van der Waals surface area contributed by atoms with Crippen LogP contribution in [0.4, 0.5) is 4.39 Å². The molecular formula is C15H21FN2O2. The molecule has 0 aliphatic carbocycles. The van der Waals surface area contributed by atoms with Crippen molar-refractivity contribution in [1.82, 2.24) is 10.2 Å². The van der Waals surface area contributed by atoms with Crippen molar-refractivity contribution in [3.8, 4) is 0 Å². The van der Waals surface area contributed by atoms with Crippen LogP contribution in [0.2, 0.25) is 0 Å². The summed E-state index contributed by atoms with van der Waals surface area (Å²) in [5.74, 6) is -1.01. The Labute approximate surface area is 119 Å². The Morgan fingerprint density at radius 2 is 1.95 bits per heavy atom. The Morgan fingerprint density at radius 3 is 2.55 bits per heavy atom. The number of nitrogens with one attached hydrogen (secondary N) is 1. The molecule has 0 saturated heterocycles. The third kappa shape index (κ3) is 4.99. The molecule has 5 heteroatoms. The predicted octanol–water partition coefficient (Wildman–Crippen LogP) is 2.20. The molecule has 1 aromatic rings. The van der Waals surface area contributed by atoms with Gasteiger partial charge < -0.3 is 10.2 Å². The number of nitrogens with zero attached hydrogens (tertiary/aromatic N) is 1. The van der Waals surface area contributed by atoms with Crippen LogP contribution >= 0.6 is 0 Å². The lowest BCUT2D eigenvalue weighted by Gasteiger charge is -2.20. The highest BCUT2D eigenvalue weighted by molar-refractivity contribution is 5.94. The molecule has 0 aliphatic heterocycles. The fourth-order valence-electron chi connectivity index (χ4n) is 1.82. The first-order valence-corrected chi connectivity index (χ1v) is 6.84. The van der Waals surface area contributed by atoms with Gasteiger partial charge in [-0.3, -0.25) is 9.59 Å². The first kappa shape index (κ1) is 16.1. The summed E-state index contributed by atoms with van der Waals surface area (Å²) < 4.78 is 13.4. The summed E-state index contributed by atoms with van der Waals surface area (Å²) in [6.45, 7) is 5.00. The molecule has 0 atom stereocenters. The molecule has 0 radical (unpaired) electrons. The van der Waals surface area contributed by atoms with Crippen LogP contribution in [0.25, 0.3) is 0 Å². The molecule has 2 amide bonds. The zero-order valence-electron chi connectivity index (χ0n) is 12.0. The van der Waals surface area contributed by atoms with E-state index in [1.807, 2.05) is 0 Å². The van der Waals surface area contributed by atoms with Gasteiger partial charge >= 0.3 is 0 Å². The van der Waals surface area contributed by atoms with Crippen molar-refractivity contribution >= 4 is 11.8 Å². The molecular weight excluding hydrogens is 259 g/mol. The van der Waals surface area contributed by atoms with Crippen LogP contribution in [0.15, 0.2) is 24.3 Å². The van der Waals surface area contributed by atoms with Crippen LogP contribution in [0.1, 0.15) is 37.0 Å². The van der Waals surface area contributed by atoms with Gasteiger partial charge in [0.05, 0.1) is 5.56 Å². The van der Waals surface area contributed by atoms with Crippen molar-refractivity contribution < 1.29 is 14.0 Å². The van der Waals surface area contributed by atoms with Gasteiger partial charge in [0.25, 0.3) is 5.91 Å². The highest BCUT2D eigenvalue weighted by Crippen LogP contribution is 2.05. The van der Waals surface area contributed by atoms with Crippen molar-refractivity contribution in [2.24, 2.45) is 0 Å². The largest absolute Gasteiger partial charge is 0.350 e. The second-order valence-electron chi connectivity index (χ2n) is 4.60. The van der Waals surface area contributed by atoms with Gasteiger partial charge in [0, 0.05) is 26.6 Å². The fourth-order valence-corrected chi connectivity index (χ4v) is 1.82. The van der Waals surface area contributed by atoms with Crippen LogP contribution in [0.5, 0.6) is 0 Å². The summed E-state index contributed by atoms with van der Waals surface area (Å²) in [6, 6.07) is 5.83. The number of halogens is 1. The fraction of sp³-hybridized carbons (Fsp3) is 0.467. The van der Waals surface area contributed by atoms with Gasteiger partial charge in [-0.25, -0.2) is 4.39 Å². The van der Waals surface area contributed by atoms with Gasteiger partial charge in [-0.15, -0.1) is 0 Å². The standard InChI is InChI=1S/C15H21FN2O2/c1-3-4-10-18(12(2)19)11-9-17-15(20)13-7-5-6-8-14(13)16/h5-8H,3-4,9-11H2,1-2H3,(H,17,20). The second kappa shape index (κ2) is 8.30. The lowest BCUT2D eigenvalue weighted by molar-refractivity contribution is -0.128. The number of unbranched alkanes of at least 4 members (excludes halogenated alkanes) is 1. The Hall–Kier alpha value is -1.91. The van der Waals surface area contributed by atoms with Gasteiger partial charge in [0.2, 0.25) is 5.91 Å². The summed E-state index contributed by atoms with van der Waals surface area (Å²) in [6.07, 6.45) is 1.94. The lowest BCUT2D eigenvalue weighted by Crippen LogP contribution is -2.38. The van der Waals surface area contributed by atoms with E-state index in [1.54, 1.807) is 11.0 Å². The Kier molecular flexibility index (Phi) is 6.70. The van der Waals surface area contributed by atoms with E-state index in [4.69, 9.17) is 0 Å². The summed E-state index contributed by atoms with van der Waals surface area (Å²) in [7, 11) is 0. The van der Waals surface area contributed by atoms with E-state index in [1.165, 1.54) is 25.1 Å². The smallest absolute Gasteiger partial charge is 0.254 e. The minimum Gasteiger partial charge on any atom is -0.350 e. The van der Waals surface area contributed by atoms with Gasteiger partial charge in [-0.05, 0) is 18.6 Å². The average molecular weight is 280 g/mol. The molecule has 0 bridgehead atoms. The summed E-state index contributed by atoms with van der Waals surface area (Å²) in [4.78, 5) is 24.9. The Morgan fingerprint density at radius 1 is 1.25 bits per heavy atom. The third-order valence-corrected chi connectivity index (χ3v) is 3.01. The minimum absolute atomic E-state index is 0.0152. The number of hydrogen-bond donors (Lipinski definition) is 1. The van der Waals surface area contributed by atoms with Gasteiger partial charge in [0.15, 0.2) is 0 Å². The second-order valence-corrected chi connectivity index (χ2v) is 4.60. The topological polar surface area (TPSA) is 49.4 Å². The highest BCUT2D eigenvalue weighted by atomic mass is 19.1. The quantitative estimate of drug-likeness (QED) is 0.832. The number of benzene rings is 1. The van der Waals surface area contributed by atoms with Crippen molar-refractivity contribution in [2.45, 2.75) is 26.7 Å². The SMILES string of the molecule is CCCCN(CCNC(=O)c1ccccc1F)C(C)=O. The van der Waals surface area contributed by atoms with Crippen molar-refractivity contribution in [3.05, 3.63) is 35.6 Å². The first-order valence-electron chi connectivity index (χ1n) is 6.84. The molecule has 0 fully saturated rings. The van der Waals surface area contributed by atoms with Crippen molar-refractivity contribution in [2.75, 3.05) is 19.6 Å². The van der Waals surface area contributed by atoms with Crippen LogP contribution in [-0.2, 0) is 4.79 Å². The molecule has 0 heterocycles. The first-order chi connectivity index (χ1) is 9.56. The van der Waals surface area contributed by atoms with Gasteiger partial charge in [0.1, 0.15) is 5.82 Å². The summed E-state index contributed by atoms with van der Waals surface area (Å²) in [5.41, 5.74) is 0.0235. The number of amides is 2. The Bertz CT molecular complexity index is 463. The zero-order valence-corrected chi connectivity index (χ0v) is 12.0. The monoisotopic (exact) mass is 280 g/mol. The van der Waals surface area contributed by atoms with E-state index in [9.17, 15) is 14.0 Å². The molecule has 1 N–H and O–H groups in total. The van der Waals surface area contributed by atoms with E-state index in [-0.39, 0.29) is 11.5 Å². The number of carbonyl (C=O) groups is 2. The average Bonchev–Trinajstić information content (AvgIpc) is 2.42. The maximum absolute atomic E-state index is 13.4. The molecule has 0 aromatic heterocycles. The van der Waals surface area contributed by atoms with Crippen LogP contribution in [-0.4, -0.2) is 36.3 Å². The van der Waals surface area contributed by atoms with E-state index in [2.05, 4.69) is 12.2 Å². The highest BCUT2D eigenvalue weighted by Gasteiger charge is 2.12. The summed E-state index contributed by atoms with van der Waals surface area (Å²) in [5, 5.41) is 2.63. The lowest BCUT2D eigenvalue weighted by atomic mass is 10.2. The maximum atomic E-state index is 13.4. The number of carbonyl (C=O) groups excluding carboxylic acids is 2. The van der Waals surface area contributed by atoms with Gasteiger partial charge in [-0.2, -0.15) is 0 Å². The van der Waals surface area contributed by atoms with E-state index in [0.29, 0.717) is 19.6 Å². The Balaban J connectivity index is 2.44. The molecule has 0 unspecified atom stereocenters. The van der Waals surface area contributed by atoms with Crippen LogP contribution in [0.3, 0.4) is 0 Å². The third-order valence-electron chi connectivity index (χ3n) is 3.01. The van der Waals surface area contributed by atoms with Gasteiger partial charge in [-0.1, -0.05) is 25.5 Å². The number of hydrogen-bond acceptors (Lipinski definition) is 2. The van der Waals surface area contributed by atoms with E-state index in [0.717, 1.165) is 12.8 Å². The van der Waals surface area contributed by atoms with Crippen molar-refractivity contribution in [1.29, 1.82) is 0 Å². The van der Waals surface area contributed by atoms with Crippen LogP contribution in [0, 0.1) is 5.82 Å². The minimum atomic E-state index is -0.542. The molecule has 1 rings (SSSR count). The zero-order chi connectivity index (χ0) is 15.0. The molecule has 0 saturated carbocycles. The van der Waals surface area contributed by atoms with Crippen LogP contribution < -0.4 is 5.32 Å². The number of rotatable bonds is 7. The molecule has 4 nitrogen and oxygen atoms in total. The van der Waals surface area contributed by atoms with Crippen molar-refractivity contribution in [3.63, 3.8) is 0 Å². The summed E-state index contributed by atoms with van der Waals surface area (Å²) >= 11 is 0. The van der Waals surface area contributed by atoms with E-state index < -0.39 is 11.7 Å². The predicted molar refractivity (Wildman–Crippen MR) is 75.9 cm³/mol. The normalized spacial score (nSPS) is 10.2. The molecule has 0 aliphatic rings. The van der Waals surface area contributed by atoms with E-state index >= 15 is 0 Å². The molecule has 110 valence electrons. The molecule has 0 spiro atoms. The maximum Gasteiger partial charge on any atom is 0.254 e.